The molecule has 1 heterocycles. The minimum atomic E-state index is -0.744. The molecule has 102 valence electrons. The van der Waals surface area contributed by atoms with Crippen LogP contribution in [-0.2, 0) is 17.8 Å². The van der Waals surface area contributed by atoms with Gasteiger partial charge in [-0.25, -0.2) is 0 Å². The van der Waals surface area contributed by atoms with Crippen molar-refractivity contribution < 1.29 is 9.90 Å². The predicted molar refractivity (Wildman–Crippen MR) is 69.2 cm³/mol. The Balaban J connectivity index is 2.94. The van der Waals surface area contributed by atoms with Crippen LogP contribution in [0.1, 0.15) is 46.4 Å². The van der Waals surface area contributed by atoms with E-state index in [9.17, 15) is 9.90 Å². The van der Waals surface area contributed by atoms with Gasteiger partial charge in [-0.15, -0.1) is 10.2 Å². The van der Waals surface area contributed by atoms with Crippen LogP contribution < -0.4 is 0 Å². The first kappa shape index (κ1) is 14.7. The SMILES string of the molecule is CCC(CC)(Cc1nncn1CC(C)C)C(=O)O. The van der Waals surface area contributed by atoms with E-state index in [-0.39, 0.29) is 0 Å². The van der Waals surface area contributed by atoms with E-state index in [1.807, 2.05) is 18.4 Å². The second-order valence-corrected chi connectivity index (χ2v) is 5.26. The van der Waals surface area contributed by atoms with Crippen molar-refractivity contribution in [2.75, 3.05) is 0 Å². The van der Waals surface area contributed by atoms with Gasteiger partial charge in [-0.1, -0.05) is 27.7 Å². The lowest BCUT2D eigenvalue weighted by atomic mass is 9.79. The number of aliphatic carboxylic acids is 1. The third-order valence-corrected chi connectivity index (χ3v) is 3.56. The Labute approximate surface area is 108 Å². The fraction of sp³-hybridized carbons (Fsp3) is 0.769. The first-order chi connectivity index (χ1) is 8.45. The van der Waals surface area contributed by atoms with Crippen LogP contribution in [0.2, 0.25) is 0 Å². The van der Waals surface area contributed by atoms with Crippen molar-refractivity contribution >= 4 is 5.97 Å². The molecular weight excluding hydrogens is 230 g/mol. The Bertz CT molecular complexity index is 395. The molecule has 0 bridgehead atoms. The molecule has 1 N–H and O–H groups in total. The van der Waals surface area contributed by atoms with Crippen molar-refractivity contribution in [2.45, 2.75) is 53.5 Å². The molecule has 1 aromatic rings. The van der Waals surface area contributed by atoms with Crippen molar-refractivity contribution in [2.24, 2.45) is 11.3 Å². The molecule has 0 aliphatic carbocycles. The van der Waals surface area contributed by atoms with Crippen molar-refractivity contribution in [1.82, 2.24) is 14.8 Å². The number of rotatable bonds is 7. The van der Waals surface area contributed by atoms with Crippen molar-refractivity contribution in [3.8, 4) is 0 Å². The van der Waals surface area contributed by atoms with Crippen LogP contribution in [0.15, 0.2) is 6.33 Å². The third kappa shape index (κ3) is 3.09. The highest BCUT2D eigenvalue weighted by Gasteiger charge is 2.36. The van der Waals surface area contributed by atoms with Gasteiger partial charge in [-0.3, -0.25) is 4.79 Å². The normalized spacial score (nSPS) is 12.1. The van der Waals surface area contributed by atoms with Gasteiger partial charge in [0.2, 0.25) is 0 Å². The monoisotopic (exact) mass is 253 g/mol. The molecule has 0 aromatic carbocycles. The smallest absolute Gasteiger partial charge is 0.310 e. The quantitative estimate of drug-likeness (QED) is 0.810. The Morgan fingerprint density at radius 2 is 2.06 bits per heavy atom. The maximum Gasteiger partial charge on any atom is 0.310 e. The maximum atomic E-state index is 11.5. The lowest BCUT2D eigenvalue weighted by molar-refractivity contribution is -0.149. The summed E-state index contributed by atoms with van der Waals surface area (Å²) in [7, 11) is 0. The van der Waals surface area contributed by atoms with Gasteiger partial charge in [-0.2, -0.15) is 0 Å². The van der Waals surface area contributed by atoms with Gasteiger partial charge >= 0.3 is 5.97 Å². The lowest BCUT2D eigenvalue weighted by Gasteiger charge is -2.26. The average Bonchev–Trinajstić information content (AvgIpc) is 2.72. The first-order valence-corrected chi connectivity index (χ1v) is 6.55. The van der Waals surface area contributed by atoms with Gasteiger partial charge < -0.3 is 9.67 Å². The maximum absolute atomic E-state index is 11.5. The van der Waals surface area contributed by atoms with Crippen LogP contribution in [0, 0.1) is 11.3 Å². The summed E-state index contributed by atoms with van der Waals surface area (Å²) in [6.07, 6.45) is 3.34. The van der Waals surface area contributed by atoms with Gasteiger partial charge in [0, 0.05) is 13.0 Å². The van der Waals surface area contributed by atoms with E-state index >= 15 is 0 Å². The summed E-state index contributed by atoms with van der Waals surface area (Å²) < 4.78 is 1.97. The zero-order valence-electron chi connectivity index (χ0n) is 11.7. The van der Waals surface area contributed by atoms with E-state index < -0.39 is 11.4 Å². The summed E-state index contributed by atoms with van der Waals surface area (Å²) >= 11 is 0. The minimum Gasteiger partial charge on any atom is -0.481 e. The lowest BCUT2D eigenvalue weighted by Crippen LogP contribution is -2.33. The minimum absolute atomic E-state index is 0.446. The molecule has 0 aliphatic rings. The number of hydrogen-bond acceptors (Lipinski definition) is 3. The highest BCUT2D eigenvalue weighted by molar-refractivity contribution is 5.74. The number of carbonyl (C=O) groups is 1. The Morgan fingerprint density at radius 1 is 1.44 bits per heavy atom. The standard InChI is InChI=1S/C13H23N3O2/c1-5-13(6-2,12(17)18)7-11-15-14-9-16(11)8-10(3)4/h9-10H,5-8H2,1-4H3,(H,17,18). The zero-order chi connectivity index (χ0) is 13.8. The summed E-state index contributed by atoms with van der Waals surface area (Å²) in [6, 6.07) is 0. The Morgan fingerprint density at radius 3 is 2.50 bits per heavy atom. The molecule has 0 saturated carbocycles. The second kappa shape index (κ2) is 5.98. The van der Waals surface area contributed by atoms with Crippen LogP contribution in [0.4, 0.5) is 0 Å². The molecule has 0 fully saturated rings. The molecule has 5 nitrogen and oxygen atoms in total. The molecule has 1 rings (SSSR count). The molecule has 0 unspecified atom stereocenters. The van der Waals surface area contributed by atoms with Crippen molar-refractivity contribution in [3.63, 3.8) is 0 Å². The summed E-state index contributed by atoms with van der Waals surface area (Å²) in [5, 5.41) is 17.4. The number of hydrogen-bond donors (Lipinski definition) is 1. The first-order valence-electron chi connectivity index (χ1n) is 6.55. The van der Waals surface area contributed by atoms with Gasteiger partial charge in [0.25, 0.3) is 0 Å². The van der Waals surface area contributed by atoms with Crippen LogP contribution in [-0.4, -0.2) is 25.8 Å². The van der Waals surface area contributed by atoms with Gasteiger partial charge in [0.1, 0.15) is 12.2 Å². The van der Waals surface area contributed by atoms with Crippen LogP contribution in [0.25, 0.3) is 0 Å². The van der Waals surface area contributed by atoms with E-state index in [4.69, 9.17) is 0 Å². The summed E-state index contributed by atoms with van der Waals surface area (Å²) in [4.78, 5) is 11.5. The number of carboxylic acid groups (broad SMARTS) is 1. The molecule has 1 aromatic heterocycles. The number of nitrogens with zero attached hydrogens (tertiary/aromatic N) is 3. The fourth-order valence-electron chi connectivity index (χ4n) is 2.14. The van der Waals surface area contributed by atoms with E-state index in [2.05, 4.69) is 24.0 Å². The zero-order valence-corrected chi connectivity index (χ0v) is 11.7. The highest BCUT2D eigenvalue weighted by atomic mass is 16.4. The van der Waals surface area contributed by atoms with Crippen LogP contribution >= 0.6 is 0 Å². The van der Waals surface area contributed by atoms with Crippen LogP contribution in [0.5, 0.6) is 0 Å². The molecule has 0 aliphatic heterocycles. The van der Waals surface area contributed by atoms with E-state index in [0.717, 1.165) is 12.4 Å². The molecular formula is C13H23N3O2. The predicted octanol–water partition coefficient (Wildman–Crippen LogP) is 2.37. The molecule has 0 spiro atoms. The highest BCUT2D eigenvalue weighted by Crippen LogP contribution is 2.30. The summed E-state index contributed by atoms with van der Waals surface area (Å²) in [5.41, 5.74) is -0.720. The average molecular weight is 253 g/mol. The molecule has 0 amide bonds. The Hall–Kier alpha value is -1.39. The third-order valence-electron chi connectivity index (χ3n) is 3.56. The Kier molecular flexibility index (Phi) is 4.87. The van der Waals surface area contributed by atoms with Crippen molar-refractivity contribution in [1.29, 1.82) is 0 Å². The molecule has 0 radical (unpaired) electrons. The molecule has 5 heteroatoms. The molecule has 0 atom stereocenters. The summed E-state index contributed by atoms with van der Waals surface area (Å²) in [6.45, 7) is 8.90. The van der Waals surface area contributed by atoms with E-state index in [1.165, 1.54) is 0 Å². The topological polar surface area (TPSA) is 68.0 Å². The largest absolute Gasteiger partial charge is 0.481 e. The molecule has 0 saturated heterocycles. The fourth-order valence-corrected chi connectivity index (χ4v) is 2.14. The van der Waals surface area contributed by atoms with Crippen LogP contribution in [0.3, 0.4) is 0 Å². The second-order valence-electron chi connectivity index (χ2n) is 5.26. The van der Waals surface area contributed by atoms with Gasteiger partial charge in [0.05, 0.1) is 5.41 Å². The van der Waals surface area contributed by atoms with Gasteiger partial charge in [0.15, 0.2) is 0 Å². The number of aromatic nitrogens is 3. The summed E-state index contributed by atoms with van der Waals surface area (Å²) in [5.74, 6) is 0.517. The molecule has 18 heavy (non-hydrogen) atoms. The van der Waals surface area contributed by atoms with E-state index in [0.29, 0.717) is 25.2 Å². The number of carboxylic acids is 1. The van der Waals surface area contributed by atoms with Gasteiger partial charge in [-0.05, 0) is 18.8 Å². The van der Waals surface area contributed by atoms with Crippen molar-refractivity contribution in [3.05, 3.63) is 12.2 Å². The van der Waals surface area contributed by atoms with E-state index in [1.54, 1.807) is 6.33 Å².